The second-order valence-electron chi connectivity index (χ2n) is 4.83. The van der Waals surface area contributed by atoms with E-state index in [1.165, 1.54) is 25.0 Å². The Balaban J connectivity index is 2.28. The molecule has 0 spiro atoms. The number of hydrogen-bond donors (Lipinski definition) is 2. The Kier molecular flexibility index (Phi) is 4.93. The third-order valence-electron chi connectivity index (χ3n) is 2.68. The maximum atomic E-state index is 11.7. The molecule has 1 aliphatic heterocycles. The van der Waals surface area contributed by atoms with E-state index < -0.39 is 0 Å². The summed E-state index contributed by atoms with van der Waals surface area (Å²) in [7, 11) is 0. The van der Waals surface area contributed by atoms with E-state index in [1.807, 2.05) is 25.6 Å². The first kappa shape index (κ1) is 12.8. The smallest absolute Gasteiger partial charge is 0.221 e. The van der Waals surface area contributed by atoms with Gasteiger partial charge in [-0.2, -0.15) is 11.8 Å². The summed E-state index contributed by atoms with van der Waals surface area (Å²) in [5, 5.41) is 3.50. The van der Waals surface area contributed by atoms with Crippen molar-refractivity contribution in [1.82, 2.24) is 5.32 Å². The fourth-order valence-corrected chi connectivity index (χ4v) is 2.96. The molecule has 0 aromatic carbocycles. The molecule has 4 heteroatoms. The van der Waals surface area contributed by atoms with Crippen molar-refractivity contribution in [2.24, 2.45) is 5.73 Å². The zero-order valence-corrected chi connectivity index (χ0v) is 10.5. The van der Waals surface area contributed by atoms with Crippen molar-refractivity contribution in [2.75, 3.05) is 12.3 Å². The number of carbonyl (C=O) groups is 1. The van der Waals surface area contributed by atoms with E-state index in [4.69, 9.17) is 5.73 Å². The average molecular weight is 230 g/mol. The van der Waals surface area contributed by atoms with Gasteiger partial charge >= 0.3 is 0 Å². The van der Waals surface area contributed by atoms with E-state index in [0.29, 0.717) is 18.2 Å². The first-order chi connectivity index (χ1) is 7.03. The fourth-order valence-electron chi connectivity index (χ4n) is 1.65. The van der Waals surface area contributed by atoms with Crippen molar-refractivity contribution < 1.29 is 4.79 Å². The van der Waals surface area contributed by atoms with Crippen LogP contribution in [0.1, 0.15) is 39.5 Å². The number of carbonyl (C=O) groups excluding carboxylic acids is 1. The van der Waals surface area contributed by atoms with E-state index in [2.05, 4.69) is 5.32 Å². The van der Waals surface area contributed by atoms with Crippen LogP contribution in [0, 0.1) is 0 Å². The molecule has 1 fully saturated rings. The summed E-state index contributed by atoms with van der Waals surface area (Å²) < 4.78 is 0. The van der Waals surface area contributed by atoms with Gasteiger partial charge in [0.1, 0.15) is 0 Å². The minimum atomic E-state index is -0.267. The lowest BCUT2D eigenvalue weighted by atomic mass is 10.1. The number of amides is 1. The van der Waals surface area contributed by atoms with Crippen LogP contribution in [0.25, 0.3) is 0 Å². The van der Waals surface area contributed by atoms with Crippen LogP contribution in [0.2, 0.25) is 0 Å². The molecule has 88 valence electrons. The number of nitrogens with two attached hydrogens (primary N) is 1. The summed E-state index contributed by atoms with van der Waals surface area (Å²) in [6.07, 6.45) is 4.40. The van der Waals surface area contributed by atoms with Crippen LogP contribution in [-0.4, -0.2) is 29.0 Å². The summed E-state index contributed by atoms with van der Waals surface area (Å²) in [4.78, 5) is 11.7. The molecule has 1 unspecified atom stereocenters. The molecular formula is C11H22N2OS. The van der Waals surface area contributed by atoms with Crippen molar-refractivity contribution in [3.05, 3.63) is 0 Å². The Labute approximate surface area is 96.6 Å². The van der Waals surface area contributed by atoms with Gasteiger partial charge in [-0.05, 0) is 32.4 Å². The van der Waals surface area contributed by atoms with Gasteiger partial charge in [0.05, 0.1) is 0 Å². The largest absolute Gasteiger partial charge is 0.350 e. The highest BCUT2D eigenvalue weighted by atomic mass is 32.2. The van der Waals surface area contributed by atoms with Crippen molar-refractivity contribution >= 4 is 17.7 Å². The van der Waals surface area contributed by atoms with E-state index in [-0.39, 0.29) is 11.4 Å². The van der Waals surface area contributed by atoms with Crippen LogP contribution in [0.5, 0.6) is 0 Å². The molecule has 1 heterocycles. The average Bonchev–Trinajstić information content (AvgIpc) is 2.18. The summed E-state index contributed by atoms with van der Waals surface area (Å²) in [6, 6.07) is 0. The molecule has 3 nitrogen and oxygen atoms in total. The van der Waals surface area contributed by atoms with E-state index in [1.54, 1.807) is 0 Å². The molecular weight excluding hydrogens is 208 g/mol. The normalized spacial score (nSPS) is 22.5. The minimum Gasteiger partial charge on any atom is -0.350 e. The first-order valence-corrected chi connectivity index (χ1v) is 6.71. The lowest BCUT2D eigenvalue weighted by Gasteiger charge is -2.26. The van der Waals surface area contributed by atoms with E-state index in [0.717, 1.165) is 0 Å². The minimum absolute atomic E-state index is 0.143. The summed E-state index contributed by atoms with van der Waals surface area (Å²) in [5.74, 6) is 1.35. The standard InChI is InChI=1S/C11H22N2OS/c1-11(2,8-12)13-10(14)7-9-5-3-4-6-15-9/h9H,3-8,12H2,1-2H3,(H,13,14). The van der Waals surface area contributed by atoms with Crippen molar-refractivity contribution in [3.63, 3.8) is 0 Å². The third kappa shape index (κ3) is 4.89. The van der Waals surface area contributed by atoms with Gasteiger partial charge in [0.15, 0.2) is 0 Å². The number of nitrogens with one attached hydrogen (secondary N) is 1. The molecule has 0 aromatic heterocycles. The SMILES string of the molecule is CC(C)(CN)NC(=O)CC1CCCCS1. The highest BCUT2D eigenvalue weighted by molar-refractivity contribution is 7.99. The number of rotatable bonds is 4. The van der Waals surface area contributed by atoms with Crippen molar-refractivity contribution in [1.29, 1.82) is 0 Å². The molecule has 0 saturated carbocycles. The van der Waals surface area contributed by atoms with Gasteiger partial charge in [-0.15, -0.1) is 0 Å². The van der Waals surface area contributed by atoms with Gasteiger partial charge in [-0.3, -0.25) is 4.79 Å². The Hall–Kier alpha value is -0.220. The summed E-state index contributed by atoms with van der Waals surface area (Å²) in [5.41, 5.74) is 5.30. The van der Waals surface area contributed by atoms with Crippen LogP contribution in [0.4, 0.5) is 0 Å². The molecule has 1 rings (SSSR count). The quantitative estimate of drug-likeness (QED) is 0.770. The zero-order chi connectivity index (χ0) is 11.3. The monoisotopic (exact) mass is 230 g/mol. The lowest BCUT2D eigenvalue weighted by molar-refractivity contribution is -0.122. The maximum absolute atomic E-state index is 11.7. The molecule has 0 radical (unpaired) electrons. The zero-order valence-electron chi connectivity index (χ0n) is 9.71. The second-order valence-corrected chi connectivity index (χ2v) is 6.24. The number of thioether (sulfide) groups is 1. The Bertz CT molecular complexity index is 213. The van der Waals surface area contributed by atoms with Crippen LogP contribution in [-0.2, 0) is 4.79 Å². The molecule has 1 aliphatic rings. The maximum Gasteiger partial charge on any atom is 0.221 e. The van der Waals surface area contributed by atoms with Crippen molar-refractivity contribution in [2.45, 2.75) is 50.3 Å². The van der Waals surface area contributed by atoms with Crippen LogP contribution in [0.3, 0.4) is 0 Å². The highest BCUT2D eigenvalue weighted by Crippen LogP contribution is 2.27. The summed E-state index contributed by atoms with van der Waals surface area (Å²) in [6.45, 7) is 4.40. The Morgan fingerprint density at radius 3 is 2.80 bits per heavy atom. The molecule has 15 heavy (non-hydrogen) atoms. The Morgan fingerprint density at radius 2 is 2.27 bits per heavy atom. The first-order valence-electron chi connectivity index (χ1n) is 5.66. The van der Waals surface area contributed by atoms with Gasteiger partial charge in [0.25, 0.3) is 0 Å². The van der Waals surface area contributed by atoms with Crippen molar-refractivity contribution in [3.8, 4) is 0 Å². The highest BCUT2D eigenvalue weighted by Gasteiger charge is 2.22. The molecule has 1 amide bonds. The van der Waals surface area contributed by atoms with E-state index in [9.17, 15) is 4.79 Å². The van der Waals surface area contributed by atoms with Crippen LogP contribution >= 0.6 is 11.8 Å². The lowest BCUT2D eigenvalue weighted by Crippen LogP contribution is -2.49. The fraction of sp³-hybridized carbons (Fsp3) is 0.909. The number of hydrogen-bond acceptors (Lipinski definition) is 3. The molecule has 0 bridgehead atoms. The molecule has 0 aromatic rings. The molecule has 0 aliphatic carbocycles. The van der Waals surface area contributed by atoms with Gasteiger partial charge in [0, 0.05) is 23.8 Å². The summed E-state index contributed by atoms with van der Waals surface area (Å²) >= 11 is 1.93. The molecule has 3 N–H and O–H groups in total. The predicted octanol–water partition coefficient (Wildman–Crippen LogP) is 1.52. The van der Waals surface area contributed by atoms with Crippen LogP contribution < -0.4 is 11.1 Å². The van der Waals surface area contributed by atoms with Crippen LogP contribution in [0.15, 0.2) is 0 Å². The van der Waals surface area contributed by atoms with E-state index >= 15 is 0 Å². The topological polar surface area (TPSA) is 55.1 Å². The third-order valence-corrected chi connectivity index (χ3v) is 4.07. The van der Waals surface area contributed by atoms with Gasteiger partial charge in [0.2, 0.25) is 5.91 Å². The molecule has 1 saturated heterocycles. The van der Waals surface area contributed by atoms with Gasteiger partial charge in [-0.1, -0.05) is 6.42 Å². The van der Waals surface area contributed by atoms with Gasteiger partial charge in [-0.25, -0.2) is 0 Å². The van der Waals surface area contributed by atoms with Gasteiger partial charge < -0.3 is 11.1 Å². The Morgan fingerprint density at radius 1 is 1.53 bits per heavy atom. The second kappa shape index (κ2) is 5.75. The molecule has 1 atom stereocenters. The predicted molar refractivity (Wildman–Crippen MR) is 66.0 cm³/mol.